The zero-order chi connectivity index (χ0) is 32.1. The highest BCUT2D eigenvalue weighted by Gasteiger charge is 2.41. The number of hydrogen-bond acceptors (Lipinski definition) is 2. The van der Waals surface area contributed by atoms with Crippen molar-refractivity contribution >= 4 is 0 Å². The van der Waals surface area contributed by atoms with E-state index in [0.717, 1.165) is 55.4 Å². The average molecular weight is 622 g/mol. The third-order valence-corrected chi connectivity index (χ3v) is 8.68. The number of rotatable bonds is 10. The zero-order valence-corrected chi connectivity index (χ0v) is 24.9. The van der Waals surface area contributed by atoms with Gasteiger partial charge in [0.2, 0.25) is 0 Å². The molecule has 0 heterocycles. The number of hydrogen-bond donors (Lipinski definition) is 0. The minimum absolute atomic E-state index is 0.185. The van der Waals surface area contributed by atoms with Crippen LogP contribution in [0.5, 0.6) is 5.75 Å². The molecule has 45 heavy (non-hydrogen) atoms. The fraction of sp³-hybridized carbons (Fsp3) is 0.324. The van der Waals surface area contributed by atoms with Crippen molar-refractivity contribution in [3.63, 3.8) is 0 Å². The molecule has 1 saturated carbocycles. The molecule has 1 fully saturated rings. The molecule has 8 heteroatoms. The molecule has 0 aliphatic heterocycles. The van der Waals surface area contributed by atoms with Crippen molar-refractivity contribution in [1.29, 1.82) is 5.26 Å². The molecule has 1 aliphatic rings. The van der Waals surface area contributed by atoms with Crippen LogP contribution in [-0.4, -0.2) is 0 Å². The molecule has 0 amide bonds. The maximum Gasteiger partial charge on any atom is 0.432 e. The van der Waals surface area contributed by atoms with Crippen LogP contribution in [0.3, 0.4) is 0 Å². The van der Waals surface area contributed by atoms with Crippen LogP contribution < -0.4 is 4.74 Å². The molecule has 4 aromatic carbocycles. The van der Waals surface area contributed by atoms with E-state index in [2.05, 4.69) is 11.7 Å². The zero-order valence-electron chi connectivity index (χ0n) is 24.9. The Balaban J connectivity index is 1.31. The highest BCUT2D eigenvalue weighted by Crippen LogP contribution is 2.40. The van der Waals surface area contributed by atoms with E-state index in [1.807, 2.05) is 12.1 Å². The monoisotopic (exact) mass is 621 g/mol. The lowest BCUT2D eigenvalue weighted by molar-refractivity contribution is -0.189. The molecular weight excluding hydrogens is 588 g/mol. The summed E-state index contributed by atoms with van der Waals surface area (Å²) in [6.45, 7) is 2.20. The number of unbranched alkanes of at least 4 members (excludes halogenated alkanes) is 2. The van der Waals surface area contributed by atoms with Gasteiger partial charge in [-0.3, -0.25) is 0 Å². The number of halogens is 6. The molecule has 5 rings (SSSR count). The van der Waals surface area contributed by atoms with Gasteiger partial charge < -0.3 is 4.74 Å². The second-order valence-electron chi connectivity index (χ2n) is 11.7. The van der Waals surface area contributed by atoms with Crippen molar-refractivity contribution in [2.75, 3.05) is 0 Å². The molecule has 0 bridgehead atoms. The summed E-state index contributed by atoms with van der Waals surface area (Å²) in [7, 11) is 0. The summed E-state index contributed by atoms with van der Waals surface area (Å²) >= 11 is 0. The molecular formula is C37H33F6NO. The van der Waals surface area contributed by atoms with Crippen molar-refractivity contribution < 1.29 is 31.1 Å². The van der Waals surface area contributed by atoms with E-state index in [4.69, 9.17) is 5.26 Å². The first kappa shape index (κ1) is 32.2. The summed E-state index contributed by atoms with van der Waals surface area (Å²) in [5.41, 5.74) is -0.665. The van der Waals surface area contributed by atoms with Gasteiger partial charge in [-0.05, 0) is 103 Å². The van der Waals surface area contributed by atoms with E-state index in [9.17, 15) is 17.6 Å². The van der Waals surface area contributed by atoms with Crippen LogP contribution in [-0.2, 0) is 6.11 Å². The Labute approximate surface area is 259 Å². The molecule has 0 N–H and O–H groups in total. The first-order valence-electron chi connectivity index (χ1n) is 15.3. The molecule has 1 aliphatic carbocycles. The normalized spacial score (nSPS) is 16.8. The van der Waals surface area contributed by atoms with Crippen LogP contribution >= 0.6 is 0 Å². The van der Waals surface area contributed by atoms with Gasteiger partial charge in [-0.2, -0.15) is 14.0 Å². The van der Waals surface area contributed by atoms with Gasteiger partial charge in [0.05, 0.1) is 11.6 Å². The SMILES string of the molecule is CCCCCC1CCC(c2ccc(-c3ccc(-c4cc(F)c(C(F)(F)Oc5ccc(C#N)cc5)c(F)c4)c(F)c3)c(F)c2)CC1. The van der Waals surface area contributed by atoms with Crippen molar-refractivity contribution in [1.82, 2.24) is 0 Å². The van der Waals surface area contributed by atoms with Crippen LogP contribution in [0, 0.1) is 40.5 Å². The lowest BCUT2D eigenvalue weighted by atomic mass is 9.77. The van der Waals surface area contributed by atoms with Gasteiger partial charge in [0.15, 0.2) is 0 Å². The maximum absolute atomic E-state index is 15.3. The van der Waals surface area contributed by atoms with E-state index < -0.39 is 40.7 Å². The van der Waals surface area contributed by atoms with Crippen LogP contribution in [0.4, 0.5) is 26.3 Å². The summed E-state index contributed by atoms with van der Waals surface area (Å²) in [6, 6.07) is 16.3. The highest BCUT2D eigenvalue weighted by atomic mass is 19.3. The second-order valence-corrected chi connectivity index (χ2v) is 11.7. The molecule has 0 aromatic heterocycles. The summed E-state index contributed by atoms with van der Waals surface area (Å²) in [5, 5.41) is 8.84. The third-order valence-electron chi connectivity index (χ3n) is 8.68. The molecule has 0 atom stereocenters. The summed E-state index contributed by atoms with van der Waals surface area (Å²) < 4.78 is 94.4. The topological polar surface area (TPSA) is 33.0 Å². The van der Waals surface area contributed by atoms with Crippen LogP contribution in [0.25, 0.3) is 22.3 Å². The second kappa shape index (κ2) is 13.8. The molecule has 234 valence electrons. The van der Waals surface area contributed by atoms with Gasteiger partial charge in [-0.15, -0.1) is 0 Å². The molecule has 4 aromatic rings. The molecule has 0 radical (unpaired) electrons. The van der Waals surface area contributed by atoms with Crippen molar-refractivity contribution in [3.05, 3.63) is 113 Å². The van der Waals surface area contributed by atoms with Crippen LogP contribution in [0.1, 0.15) is 80.9 Å². The Kier molecular flexibility index (Phi) is 9.86. The first-order valence-corrected chi connectivity index (χ1v) is 15.3. The third kappa shape index (κ3) is 7.36. The lowest BCUT2D eigenvalue weighted by Gasteiger charge is -2.29. The molecule has 0 saturated heterocycles. The van der Waals surface area contributed by atoms with Crippen molar-refractivity contribution in [3.8, 4) is 34.1 Å². The van der Waals surface area contributed by atoms with E-state index >= 15 is 8.78 Å². The Bertz CT molecular complexity index is 1660. The Morgan fingerprint density at radius 1 is 0.733 bits per heavy atom. The Hall–Kier alpha value is -4.25. The number of alkyl halides is 2. The molecule has 0 spiro atoms. The standard InChI is InChI=1S/C37H33F6NO/c1-2-3-4-5-23-6-10-25(11-7-23)26-12-16-30(32(38)18-26)27-13-17-31(33(39)19-27)28-20-34(40)36(35(41)21-28)37(42,43)45-29-14-8-24(22-44)9-15-29/h8-9,12-21,23,25H,2-7,10-11H2,1H3. The van der Waals surface area contributed by atoms with Gasteiger partial charge in [-0.1, -0.05) is 56.9 Å². The van der Waals surface area contributed by atoms with E-state index in [1.54, 1.807) is 6.07 Å². The smallest absolute Gasteiger partial charge is 0.429 e. The van der Waals surface area contributed by atoms with E-state index in [1.165, 1.54) is 56.0 Å². The number of nitriles is 1. The van der Waals surface area contributed by atoms with E-state index in [-0.39, 0.29) is 33.7 Å². The summed E-state index contributed by atoms with van der Waals surface area (Å²) in [6.07, 6.45) is 4.86. The number of benzene rings is 4. The minimum atomic E-state index is -4.40. The Morgan fingerprint density at radius 3 is 1.93 bits per heavy atom. The first-order chi connectivity index (χ1) is 21.6. The summed E-state index contributed by atoms with van der Waals surface area (Å²) in [5.74, 6) is -4.05. The van der Waals surface area contributed by atoms with E-state index in [0.29, 0.717) is 12.1 Å². The predicted molar refractivity (Wildman–Crippen MR) is 162 cm³/mol. The minimum Gasteiger partial charge on any atom is -0.429 e. The number of nitrogens with zero attached hydrogens (tertiary/aromatic N) is 1. The Morgan fingerprint density at radius 2 is 1.33 bits per heavy atom. The van der Waals surface area contributed by atoms with Gasteiger partial charge in [0, 0.05) is 11.1 Å². The summed E-state index contributed by atoms with van der Waals surface area (Å²) in [4.78, 5) is 0. The van der Waals surface area contributed by atoms with Gasteiger partial charge in [0.1, 0.15) is 34.6 Å². The lowest BCUT2D eigenvalue weighted by Crippen LogP contribution is -2.25. The average Bonchev–Trinajstić information content (AvgIpc) is 3.01. The number of ether oxygens (including phenoxy) is 1. The fourth-order valence-corrected chi connectivity index (χ4v) is 6.21. The predicted octanol–water partition coefficient (Wildman–Crippen LogP) is 11.4. The van der Waals surface area contributed by atoms with Gasteiger partial charge in [-0.25, -0.2) is 17.6 Å². The molecule has 0 unspecified atom stereocenters. The van der Waals surface area contributed by atoms with Gasteiger partial charge >= 0.3 is 6.11 Å². The van der Waals surface area contributed by atoms with Crippen LogP contribution in [0.15, 0.2) is 72.8 Å². The quantitative estimate of drug-likeness (QED) is 0.130. The molecule has 2 nitrogen and oxygen atoms in total. The highest BCUT2D eigenvalue weighted by molar-refractivity contribution is 5.72. The van der Waals surface area contributed by atoms with Crippen molar-refractivity contribution in [2.45, 2.75) is 70.3 Å². The van der Waals surface area contributed by atoms with Gasteiger partial charge in [0.25, 0.3) is 0 Å². The van der Waals surface area contributed by atoms with Crippen LogP contribution in [0.2, 0.25) is 0 Å². The fourth-order valence-electron chi connectivity index (χ4n) is 6.21. The van der Waals surface area contributed by atoms with Crippen molar-refractivity contribution in [2.24, 2.45) is 5.92 Å². The largest absolute Gasteiger partial charge is 0.432 e. The maximum atomic E-state index is 15.3.